The normalized spacial score (nSPS) is 15.2. The number of nitriles is 1. The van der Waals surface area contributed by atoms with E-state index >= 15 is 0 Å². The van der Waals surface area contributed by atoms with Crippen molar-refractivity contribution in [1.82, 2.24) is 4.90 Å². The van der Waals surface area contributed by atoms with Crippen LogP contribution in [0.4, 0.5) is 5.69 Å². The van der Waals surface area contributed by atoms with Crippen molar-refractivity contribution in [2.45, 2.75) is 26.7 Å². The molecule has 0 spiro atoms. The van der Waals surface area contributed by atoms with Crippen molar-refractivity contribution in [2.24, 2.45) is 0 Å². The highest BCUT2D eigenvalue weighted by Crippen LogP contribution is 2.23. The molecule has 0 saturated carbocycles. The number of carbonyl (C=O) groups excluding carboxylic acids is 1. The van der Waals surface area contributed by atoms with Crippen LogP contribution in [0.25, 0.3) is 0 Å². The molecule has 0 bridgehead atoms. The summed E-state index contributed by atoms with van der Waals surface area (Å²) in [6.07, 6.45) is 3.32. The van der Waals surface area contributed by atoms with Crippen molar-refractivity contribution in [3.05, 3.63) is 41.1 Å². The van der Waals surface area contributed by atoms with Crippen LogP contribution in [0.15, 0.2) is 30.0 Å². The van der Waals surface area contributed by atoms with Crippen molar-refractivity contribution in [3.8, 4) is 6.07 Å². The Hall–Kier alpha value is -2.32. The molecule has 1 amide bonds. The molecule has 0 aliphatic carbocycles. The lowest BCUT2D eigenvalue weighted by Gasteiger charge is -2.26. The van der Waals surface area contributed by atoms with Gasteiger partial charge in [-0.2, -0.15) is 5.26 Å². The van der Waals surface area contributed by atoms with Crippen LogP contribution in [0.1, 0.15) is 25.0 Å². The molecular weight excluding hydrogens is 290 g/mol. The van der Waals surface area contributed by atoms with Crippen LogP contribution in [-0.2, 0) is 22.4 Å². The molecule has 1 heterocycles. The maximum atomic E-state index is 12.4. The van der Waals surface area contributed by atoms with Gasteiger partial charge in [0.1, 0.15) is 11.6 Å². The first-order valence-electron chi connectivity index (χ1n) is 8.05. The minimum atomic E-state index is -0.240. The van der Waals surface area contributed by atoms with E-state index in [4.69, 9.17) is 4.74 Å². The number of morpholine rings is 1. The summed E-state index contributed by atoms with van der Waals surface area (Å²) < 4.78 is 5.24. The van der Waals surface area contributed by atoms with E-state index in [0.29, 0.717) is 26.3 Å². The van der Waals surface area contributed by atoms with Crippen molar-refractivity contribution >= 4 is 11.6 Å². The van der Waals surface area contributed by atoms with E-state index < -0.39 is 0 Å². The second-order valence-electron chi connectivity index (χ2n) is 5.38. The Morgan fingerprint density at radius 2 is 1.91 bits per heavy atom. The van der Waals surface area contributed by atoms with Gasteiger partial charge < -0.3 is 15.0 Å². The van der Waals surface area contributed by atoms with Gasteiger partial charge in [-0.25, -0.2) is 0 Å². The van der Waals surface area contributed by atoms with Crippen LogP contribution >= 0.6 is 0 Å². The molecule has 0 radical (unpaired) electrons. The zero-order chi connectivity index (χ0) is 16.7. The van der Waals surface area contributed by atoms with E-state index in [9.17, 15) is 10.1 Å². The number of para-hydroxylation sites is 1. The van der Waals surface area contributed by atoms with Crippen molar-refractivity contribution in [1.29, 1.82) is 5.26 Å². The molecule has 5 heteroatoms. The number of carbonyl (C=O) groups is 1. The van der Waals surface area contributed by atoms with Gasteiger partial charge in [-0.05, 0) is 24.0 Å². The van der Waals surface area contributed by atoms with Gasteiger partial charge in [-0.3, -0.25) is 4.79 Å². The average molecular weight is 313 g/mol. The number of benzene rings is 1. The SMILES string of the molecule is CCc1cccc(CC)c1N/C=C(/C#N)C(=O)N1CCOCC1. The number of hydrogen-bond donors (Lipinski definition) is 1. The van der Waals surface area contributed by atoms with Gasteiger partial charge in [0.25, 0.3) is 5.91 Å². The van der Waals surface area contributed by atoms with Gasteiger partial charge in [0.05, 0.1) is 13.2 Å². The van der Waals surface area contributed by atoms with E-state index in [-0.39, 0.29) is 11.5 Å². The first kappa shape index (κ1) is 17.0. The maximum absolute atomic E-state index is 12.4. The largest absolute Gasteiger partial charge is 0.378 e. The highest BCUT2D eigenvalue weighted by molar-refractivity contribution is 5.97. The maximum Gasteiger partial charge on any atom is 0.266 e. The van der Waals surface area contributed by atoms with Crippen LogP contribution in [0, 0.1) is 11.3 Å². The molecule has 1 aromatic rings. The van der Waals surface area contributed by atoms with E-state index in [1.54, 1.807) is 4.90 Å². The number of aryl methyl sites for hydroxylation is 2. The Kier molecular flexibility index (Phi) is 6.19. The minimum Gasteiger partial charge on any atom is -0.378 e. The van der Waals surface area contributed by atoms with Crippen LogP contribution in [0.2, 0.25) is 0 Å². The smallest absolute Gasteiger partial charge is 0.266 e. The molecule has 1 N–H and O–H groups in total. The van der Waals surface area contributed by atoms with E-state index in [1.807, 2.05) is 12.1 Å². The third kappa shape index (κ3) is 4.11. The van der Waals surface area contributed by atoms with Gasteiger partial charge >= 0.3 is 0 Å². The number of rotatable bonds is 5. The fraction of sp³-hybridized carbons (Fsp3) is 0.444. The first-order valence-corrected chi connectivity index (χ1v) is 8.05. The molecule has 0 atom stereocenters. The molecule has 1 fully saturated rings. The standard InChI is InChI=1S/C18H23N3O2/c1-3-14-6-5-7-15(4-2)17(14)20-13-16(12-19)18(22)21-8-10-23-11-9-21/h5-7,13,20H,3-4,8-11H2,1-2H3/b16-13-. The van der Waals surface area contributed by atoms with Crippen molar-refractivity contribution in [3.63, 3.8) is 0 Å². The van der Waals surface area contributed by atoms with Crippen LogP contribution in [0.5, 0.6) is 0 Å². The minimum absolute atomic E-state index is 0.125. The topological polar surface area (TPSA) is 65.4 Å². The van der Waals surface area contributed by atoms with Gasteiger partial charge in [-0.15, -0.1) is 0 Å². The summed E-state index contributed by atoms with van der Waals surface area (Å²) in [6, 6.07) is 8.17. The molecule has 1 saturated heterocycles. The molecule has 1 aliphatic rings. The molecule has 23 heavy (non-hydrogen) atoms. The second kappa shape index (κ2) is 8.35. The number of amides is 1. The van der Waals surface area contributed by atoms with Crippen LogP contribution < -0.4 is 5.32 Å². The number of nitrogens with zero attached hydrogens (tertiary/aromatic N) is 2. The van der Waals surface area contributed by atoms with Crippen molar-refractivity contribution in [2.75, 3.05) is 31.6 Å². The van der Waals surface area contributed by atoms with Gasteiger partial charge in [0, 0.05) is 25.0 Å². The van der Waals surface area contributed by atoms with E-state index in [0.717, 1.165) is 18.5 Å². The Bertz CT molecular complexity index is 603. The first-order chi connectivity index (χ1) is 11.2. The summed E-state index contributed by atoms with van der Waals surface area (Å²) in [4.78, 5) is 14.1. The summed E-state index contributed by atoms with van der Waals surface area (Å²) in [7, 11) is 0. The fourth-order valence-electron chi connectivity index (χ4n) is 2.65. The zero-order valence-corrected chi connectivity index (χ0v) is 13.8. The Labute approximate surface area is 137 Å². The lowest BCUT2D eigenvalue weighted by atomic mass is 10.0. The molecule has 1 aliphatic heterocycles. The summed E-state index contributed by atoms with van der Waals surface area (Å²) in [5.74, 6) is -0.240. The lowest BCUT2D eigenvalue weighted by molar-refractivity contribution is -0.130. The summed E-state index contributed by atoms with van der Waals surface area (Å²) in [6.45, 7) is 6.29. The number of hydrogen-bond acceptors (Lipinski definition) is 4. The predicted molar refractivity (Wildman–Crippen MR) is 89.9 cm³/mol. The zero-order valence-electron chi connectivity index (χ0n) is 13.8. The predicted octanol–water partition coefficient (Wildman–Crippen LogP) is 2.49. The third-order valence-electron chi connectivity index (χ3n) is 4.01. The third-order valence-corrected chi connectivity index (χ3v) is 4.01. The van der Waals surface area contributed by atoms with Gasteiger partial charge in [-0.1, -0.05) is 32.0 Å². The number of nitrogens with one attached hydrogen (secondary N) is 1. The fourth-order valence-corrected chi connectivity index (χ4v) is 2.65. The second-order valence-corrected chi connectivity index (χ2v) is 5.38. The highest BCUT2D eigenvalue weighted by atomic mass is 16.5. The van der Waals surface area contributed by atoms with Gasteiger partial charge in [0.15, 0.2) is 0 Å². The van der Waals surface area contributed by atoms with Crippen LogP contribution in [-0.4, -0.2) is 37.1 Å². The Balaban J connectivity index is 2.20. The van der Waals surface area contributed by atoms with E-state index in [1.165, 1.54) is 17.3 Å². The lowest BCUT2D eigenvalue weighted by Crippen LogP contribution is -2.41. The molecular formula is C18H23N3O2. The molecule has 122 valence electrons. The summed E-state index contributed by atoms with van der Waals surface area (Å²) in [5, 5.41) is 12.5. The van der Waals surface area contributed by atoms with Crippen LogP contribution in [0.3, 0.4) is 0 Å². The number of ether oxygens (including phenoxy) is 1. The molecule has 5 nitrogen and oxygen atoms in total. The molecule has 2 rings (SSSR count). The van der Waals surface area contributed by atoms with E-state index in [2.05, 4.69) is 31.3 Å². The monoisotopic (exact) mass is 313 g/mol. The highest BCUT2D eigenvalue weighted by Gasteiger charge is 2.20. The molecule has 1 aromatic carbocycles. The quantitative estimate of drug-likeness (QED) is 0.670. The molecule has 0 aromatic heterocycles. The van der Waals surface area contributed by atoms with Gasteiger partial charge in [0.2, 0.25) is 0 Å². The Morgan fingerprint density at radius 3 is 2.43 bits per heavy atom. The summed E-state index contributed by atoms with van der Waals surface area (Å²) in [5.41, 5.74) is 3.48. The average Bonchev–Trinajstić information content (AvgIpc) is 2.62. The molecule has 0 unspecified atom stereocenters. The van der Waals surface area contributed by atoms with Crippen molar-refractivity contribution < 1.29 is 9.53 Å². The summed E-state index contributed by atoms with van der Waals surface area (Å²) >= 11 is 0. The number of anilines is 1. The Morgan fingerprint density at radius 1 is 1.30 bits per heavy atom.